The van der Waals surface area contributed by atoms with Crippen LogP contribution >= 0.6 is 0 Å². The average Bonchev–Trinajstić information content (AvgIpc) is 2.23. The van der Waals surface area contributed by atoms with Crippen LogP contribution in [-0.4, -0.2) is 6.61 Å². The highest BCUT2D eigenvalue weighted by molar-refractivity contribution is 5.40. The lowest BCUT2D eigenvalue weighted by Gasteiger charge is -2.23. The molecule has 0 aliphatic heterocycles. The maximum absolute atomic E-state index is 5.91. The van der Waals surface area contributed by atoms with Crippen LogP contribution < -0.4 is 0 Å². The van der Waals surface area contributed by atoms with E-state index in [0.29, 0.717) is 0 Å². The van der Waals surface area contributed by atoms with Crippen LogP contribution in [0.5, 0.6) is 0 Å². The van der Waals surface area contributed by atoms with Gasteiger partial charge >= 0.3 is 0 Å². The molecule has 1 aliphatic carbocycles. The minimum Gasteiger partial charge on any atom is -0.493 e. The van der Waals surface area contributed by atoms with Gasteiger partial charge in [-0.05, 0) is 44.6 Å². The van der Waals surface area contributed by atoms with Crippen LogP contribution in [0.15, 0.2) is 35.1 Å². The van der Waals surface area contributed by atoms with Crippen molar-refractivity contribution in [1.82, 2.24) is 0 Å². The van der Waals surface area contributed by atoms with E-state index in [9.17, 15) is 0 Å². The molecule has 1 nitrogen and oxygen atoms in total. The van der Waals surface area contributed by atoms with Gasteiger partial charge in [-0.25, -0.2) is 0 Å². The van der Waals surface area contributed by atoms with E-state index in [1.54, 1.807) is 0 Å². The van der Waals surface area contributed by atoms with Gasteiger partial charge in [0.25, 0.3) is 0 Å². The molecule has 90 valence electrons. The van der Waals surface area contributed by atoms with Crippen LogP contribution in [-0.2, 0) is 4.74 Å². The first-order chi connectivity index (χ1) is 7.83. The molecule has 1 aliphatic rings. The SMILES string of the molecule is C/C=C(\C=C/CC)C(OCCC)=C1CCC1. The molecular weight excluding hydrogens is 196 g/mol. The lowest BCUT2D eigenvalue weighted by Crippen LogP contribution is -2.07. The maximum Gasteiger partial charge on any atom is 0.125 e. The summed E-state index contributed by atoms with van der Waals surface area (Å²) in [6, 6.07) is 0. The van der Waals surface area contributed by atoms with E-state index in [1.165, 1.54) is 30.4 Å². The minimum absolute atomic E-state index is 0.830. The Kier molecular flexibility index (Phi) is 5.99. The van der Waals surface area contributed by atoms with Gasteiger partial charge in [0.15, 0.2) is 0 Å². The first-order valence-electron chi connectivity index (χ1n) is 6.51. The molecular formula is C15H24O. The van der Waals surface area contributed by atoms with Crippen molar-refractivity contribution in [2.45, 2.75) is 52.9 Å². The third-order valence-corrected chi connectivity index (χ3v) is 2.84. The molecule has 1 fully saturated rings. The van der Waals surface area contributed by atoms with E-state index in [0.717, 1.165) is 25.2 Å². The highest BCUT2D eigenvalue weighted by Gasteiger charge is 2.17. The summed E-state index contributed by atoms with van der Waals surface area (Å²) in [6.45, 7) is 7.23. The van der Waals surface area contributed by atoms with E-state index in [4.69, 9.17) is 4.74 Å². The highest BCUT2D eigenvalue weighted by atomic mass is 16.5. The standard InChI is InChI=1S/C15H24O/c1-4-7-9-13(6-3)15(16-12-5-2)14-10-8-11-14/h6-7,9H,4-5,8,10-12H2,1-3H3/b9-7-,13-6+. The topological polar surface area (TPSA) is 9.23 Å². The Labute approximate surface area is 99.9 Å². The van der Waals surface area contributed by atoms with Crippen molar-refractivity contribution in [1.29, 1.82) is 0 Å². The fraction of sp³-hybridized carbons (Fsp3) is 0.600. The zero-order valence-electron chi connectivity index (χ0n) is 10.9. The van der Waals surface area contributed by atoms with Gasteiger partial charge in [0, 0.05) is 5.57 Å². The lowest BCUT2D eigenvalue weighted by atomic mass is 9.89. The monoisotopic (exact) mass is 220 g/mol. The molecule has 0 bridgehead atoms. The third kappa shape index (κ3) is 3.55. The first kappa shape index (κ1) is 13.1. The average molecular weight is 220 g/mol. The maximum atomic E-state index is 5.91. The number of hydrogen-bond donors (Lipinski definition) is 0. The Balaban J connectivity index is 2.78. The fourth-order valence-electron chi connectivity index (χ4n) is 1.72. The van der Waals surface area contributed by atoms with Crippen molar-refractivity contribution in [2.24, 2.45) is 0 Å². The molecule has 0 amide bonds. The number of allylic oxidation sites excluding steroid dienone is 4. The van der Waals surface area contributed by atoms with Crippen LogP contribution in [0.2, 0.25) is 0 Å². The summed E-state index contributed by atoms with van der Waals surface area (Å²) in [4.78, 5) is 0. The van der Waals surface area contributed by atoms with E-state index < -0.39 is 0 Å². The summed E-state index contributed by atoms with van der Waals surface area (Å²) in [5.74, 6) is 1.15. The van der Waals surface area contributed by atoms with Gasteiger partial charge in [-0.15, -0.1) is 0 Å². The molecule has 0 aromatic carbocycles. The highest BCUT2D eigenvalue weighted by Crippen LogP contribution is 2.33. The van der Waals surface area contributed by atoms with E-state index in [-0.39, 0.29) is 0 Å². The normalized spacial score (nSPS) is 16.4. The molecule has 0 heterocycles. The van der Waals surface area contributed by atoms with Crippen LogP contribution in [0.25, 0.3) is 0 Å². The lowest BCUT2D eigenvalue weighted by molar-refractivity contribution is 0.213. The second-order valence-corrected chi connectivity index (χ2v) is 4.19. The number of ether oxygens (including phenoxy) is 1. The first-order valence-corrected chi connectivity index (χ1v) is 6.51. The van der Waals surface area contributed by atoms with E-state index in [2.05, 4.69) is 39.0 Å². The molecule has 0 aromatic heterocycles. The predicted molar refractivity (Wildman–Crippen MR) is 70.3 cm³/mol. The Morgan fingerprint density at radius 2 is 2.06 bits per heavy atom. The molecule has 0 unspecified atom stereocenters. The summed E-state index contributed by atoms with van der Waals surface area (Å²) < 4.78 is 5.91. The Bertz CT molecular complexity index is 289. The second kappa shape index (κ2) is 7.32. The summed E-state index contributed by atoms with van der Waals surface area (Å²) in [5.41, 5.74) is 2.76. The Morgan fingerprint density at radius 3 is 2.50 bits per heavy atom. The molecule has 0 saturated heterocycles. The molecule has 0 atom stereocenters. The van der Waals surface area contributed by atoms with E-state index in [1.807, 2.05) is 0 Å². The van der Waals surface area contributed by atoms with Gasteiger partial charge in [-0.1, -0.05) is 32.1 Å². The van der Waals surface area contributed by atoms with Crippen molar-refractivity contribution in [2.75, 3.05) is 6.61 Å². The summed E-state index contributed by atoms with van der Waals surface area (Å²) >= 11 is 0. The summed E-state index contributed by atoms with van der Waals surface area (Å²) in [7, 11) is 0. The van der Waals surface area contributed by atoms with Crippen molar-refractivity contribution in [3.8, 4) is 0 Å². The van der Waals surface area contributed by atoms with Crippen molar-refractivity contribution in [3.63, 3.8) is 0 Å². The molecule has 1 heteroatoms. The zero-order chi connectivity index (χ0) is 11.8. The van der Waals surface area contributed by atoms with Gasteiger partial charge in [0.05, 0.1) is 6.61 Å². The van der Waals surface area contributed by atoms with Crippen LogP contribution in [0, 0.1) is 0 Å². The Hall–Kier alpha value is -0.980. The predicted octanol–water partition coefficient (Wildman–Crippen LogP) is 4.76. The summed E-state index contributed by atoms with van der Waals surface area (Å²) in [6.07, 6.45) is 12.5. The van der Waals surface area contributed by atoms with Crippen molar-refractivity contribution >= 4 is 0 Å². The van der Waals surface area contributed by atoms with Crippen LogP contribution in [0.1, 0.15) is 52.9 Å². The smallest absolute Gasteiger partial charge is 0.125 e. The minimum atomic E-state index is 0.830. The van der Waals surface area contributed by atoms with Gasteiger partial charge in [0.1, 0.15) is 5.76 Å². The molecule has 1 saturated carbocycles. The number of hydrogen-bond acceptors (Lipinski definition) is 1. The molecule has 0 aromatic rings. The zero-order valence-corrected chi connectivity index (χ0v) is 10.9. The van der Waals surface area contributed by atoms with Crippen molar-refractivity contribution in [3.05, 3.63) is 35.1 Å². The van der Waals surface area contributed by atoms with Crippen LogP contribution in [0.4, 0.5) is 0 Å². The summed E-state index contributed by atoms with van der Waals surface area (Å²) in [5, 5.41) is 0. The van der Waals surface area contributed by atoms with E-state index >= 15 is 0 Å². The largest absolute Gasteiger partial charge is 0.493 e. The number of rotatable bonds is 6. The van der Waals surface area contributed by atoms with Gasteiger partial charge in [-0.2, -0.15) is 0 Å². The molecule has 1 rings (SSSR count). The molecule has 0 spiro atoms. The fourth-order valence-corrected chi connectivity index (χ4v) is 1.72. The van der Waals surface area contributed by atoms with Gasteiger partial charge < -0.3 is 4.74 Å². The molecule has 0 N–H and O–H groups in total. The Morgan fingerprint density at radius 1 is 1.31 bits per heavy atom. The van der Waals surface area contributed by atoms with Crippen LogP contribution in [0.3, 0.4) is 0 Å². The van der Waals surface area contributed by atoms with Gasteiger partial charge in [-0.3, -0.25) is 0 Å². The second-order valence-electron chi connectivity index (χ2n) is 4.19. The quantitative estimate of drug-likeness (QED) is 0.463. The third-order valence-electron chi connectivity index (χ3n) is 2.84. The van der Waals surface area contributed by atoms with Crippen molar-refractivity contribution < 1.29 is 4.74 Å². The molecule has 0 radical (unpaired) electrons. The molecule has 16 heavy (non-hydrogen) atoms. The van der Waals surface area contributed by atoms with Gasteiger partial charge in [0.2, 0.25) is 0 Å².